The summed E-state index contributed by atoms with van der Waals surface area (Å²) >= 11 is 2.04. The molecule has 0 aliphatic carbocycles. The molecule has 11 heteroatoms. The van der Waals surface area contributed by atoms with Gasteiger partial charge in [-0.2, -0.15) is 18.3 Å². The van der Waals surface area contributed by atoms with Gasteiger partial charge >= 0.3 is 12.1 Å². The van der Waals surface area contributed by atoms with Crippen molar-refractivity contribution in [1.82, 2.24) is 5.43 Å². The van der Waals surface area contributed by atoms with Crippen LogP contribution >= 0.6 is 22.6 Å². The first-order valence-electron chi connectivity index (χ1n) is 9.91. The number of nitrogens with zero attached hydrogens (tertiary/aromatic N) is 1. The van der Waals surface area contributed by atoms with Crippen molar-refractivity contribution in [3.8, 4) is 11.5 Å². The second-order valence-corrected chi connectivity index (χ2v) is 8.26. The number of methoxy groups -OCH3 is 1. The van der Waals surface area contributed by atoms with Crippen LogP contribution in [0.2, 0.25) is 0 Å². The van der Waals surface area contributed by atoms with Crippen LogP contribution in [0.1, 0.15) is 37.4 Å². The van der Waals surface area contributed by atoms with Gasteiger partial charge in [-0.3, -0.25) is 4.79 Å². The summed E-state index contributed by atoms with van der Waals surface area (Å²) in [6, 6.07) is 13.6. The maximum Gasteiger partial charge on any atom is 0.416 e. The molecule has 35 heavy (non-hydrogen) atoms. The number of aromatic carboxylic acids is 1. The summed E-state index contributed by atoms with van der Waals surface area (Å²) in [5.74, 6) is -0.954. The van der Waals surface area contributed by atoms with Crippen LogP contribution in [0.3, 0.4) is 0 Å². The maximum atomic E-state index is 12.8. The van der Waals surface area contributed by atoms with E-state index < -0.39 is 23.6 Å². The summed E-state index contributed by atoms with van der Waals surface area (Å²) in [5.41, 5.74) is 2.58. The molecule has 0 heterocycles. The Kier molecular flexibility index (Phi) is 8.33. The number of hydrogen-bond acceptors (Lipinski definition) is 5. The number of rotatable bonds is 8. The maximum absolute atomic E-state index is 12.8. The van der Waals surface area contributed by atoms with Crippen molar-refractivity contribution in [3.05, 3.63) is 92.1 Å². The molecule has 3 aromatic rings. The van der Waals surface area contributed by atoms with Gasteiger partial charge in [0.2, 0.25) is 0 Å². The number of alkyl halides is 3. The molecule has 182 valence electrons. The summed E-state index contributed by atoms with van der Waals surface area (Å²) in [4.78, 5) is 23.1. The van der Waals surface area contributed by atoms with Crippen LogP contribution in [0.5, 0.6) is 11.5 Å². The summed E-state index contributed by atoms with van der Waals surface area (Å²) in [6.07, 6.45) is -3.23. The Labute approximate surface area is 211 Å². The zero-order chi connectivity index (χ0) is 25.6. The second kappa shape index (κ2) is 11.2. The van der Waals surface area contributed by atoms with Crippen LogP contribution in [-0.4, -0.2) is 30.3 Å². The van der Waals surface area contributed by atoms with Crippen LogP contribution in [0.4, 0.5) is 13.2 Å². The third kappa shape index (κ3) is 6.94. The predicted molar refractivity (Wildman–Crippen MR) is 130 cm³/mol. The average Bonchev–Trinajstić information content (AvgIpc) is 2.82. The Balaban J connectivity index is 1.68. The van der Waals surface area contributed by atoms with Gasteiger partial charge in [0.15, 0.2) is 11.5 Å². The lowest BCUT2D eigenvalue weighted by Gasteiger charge is -2.13. The quantitative estimate of drug-likeness (QED) is 0.207. The molecule has 3 aromatic carbocycles. The van der Waals surface area contributed by atoms with E-state index in [1.54, 1.807) is 24.3 Å². The zero-order valence-corrected chi connectivity index (χ0v) is 20.3. The van der Waals surface area contributed by atoms with Gasteiger partial charge in [-0.05, 0) is 76.2 Å². The molecule has 1 amide bonds. The first-order valence-corrected chi connectivity index (χ1v) is 11.0. The minimum atomic E-state index is -4.56. The zero-order valence-electron chi connectivity index (χ0n) is 18.1. The highest BCUT2D eigenvalue weighted by atomic mass is 127. The van der Waals surface area contributed by atoms with Crippen molar-refractivity contribution in [2.45, 2.75) is 12.8 Å². The Morgan fingerprint density at radius 1 is 1.09 bits per heavy atom. The lowest BCUT2D eigenvalue weighted by molar-refractivity contribution is -0.137. The number of carboxylic acids is 1. The minimum Gasteiger partial charge on any atom is -0.493 e. The lowest BCUT2D eigenvalue weighted by atomic mass is 10.1. The molecule has 7 nitrogen and oxygen atoms in total. The van der Waals surface area contributed by atoms with E-state index >= 15 is 0 Å². The normalized spacial score (nSPS) is 11.3. The Bertz CT molecular complexity index is 1260. The van der Waals surface area contributed by atoms with Crippen LogP contribution in [0.25, 0.3) is 0 Å². The number of halogens is 4. The van der Waals surface area contributed by atoms with Gasteiger partial charge in [-0.15, -0.1) is 0 Å². The summed E-state index contributed by atoms with van der Waals surface area (Å²) in [6.45, 7) is 0.173. The molecule has 0 aromatic heterocycles. The summed E-state index contributed by atoms with van der Waals surface area (Å²) < 4.78 is 50.4. The fraction of sp³-hybridized carbons (Fsp3) is 0.125. The molecular weight excluding hydrogens is 580 g/mol. The van der Waals surface area contributed by atoms with E-state index in [2.05, 4.69) is 10.5 Å². The fourth-order valence-electron chi connectivity index (χ4n) is 2.92. The van der Waals surface area contributed by atoms with Crippen LogP contribution in [0.15, 0.2) is 65.8 Å². The van der Waals surface area contributed by atoms with Crippen molar-refractivity contribution < 1.29 is 37.3 Å². The molecule has 0 radical (unpaired) electrons. The predicted octanol–water partition coefficient (Wildman–Crippen LogP) is 5.36. The molecule has 0 saturated heterocycles. The molecule has 0 aliphatic heterocycles. The minimum absolute atomic E-state index is 0.171. The molecule has 0 fully saturated rings. The highest BCUT2D eigenvalue weighted by molar-refractivity contribution is 14.1. The fourth-order valence-corrected chi connectivity index (χ4v) is 3.70. The smallest absolute Gasteiger partial charge is 0.416 e. The van der Waals surface area contributed by atoms with Crippen molar-refractivity contribution in [1.29, 1.82) is 0 Å². The molecule has 0 saturated carbocycles. The van der Waals surface area contributed by atoms with Gasteiger partial charge < -0.3 is 14.6 Å². The van der Waals surface area contributed by atoms with Crippen LogP contribution < -0.4 is 14.9 Å². The first kappa shape index (κ1) is 26.0. The number of hydrazone groups is 1. The van der Waals surface area contributed by atoms with Crippen molar-refractivity contribution in [2.24, 2.45) is 5.10 Å². The van der Waals surface area contributed by atoms with Crippen LogP contribution in [-0.2, 0) is 12.8 Å². The monoisotopic (exact) mass is 598 g/mol. The number of benzene rings is 3. The molecule has 0 aliphatic rings. The third-order valence-corrected chi connectivity index (χ3v) is 5.47. The number of carbonyl (C=O) groups excluding carboxylic acids is 1. The molecule has 0 atom stereocenters. The number of ether oxygens (including phenoxy) is 2. The largest absolute Gasteiger partial charge is 0.493 e. The van der Waals surface area contributed by atoms with E-state index in [9.17, 15) is 22.8 Å². The van der Waals surface area contributed by atoms with E-state index in [0.29, 0.717) is 20.6 Å². The summed E-state index contributed by atoms with van der Waals surface area (Å²) in [7, 11) is 1.45. The van der Waals surface area contributed by atoms with Gasteiger partial charge in [0.05, 0.1) is 28.0 Å². The van der Waals surface area contributed by atoms with Crippen molar-refractivity contribution in [2.75, 3.05) is 7.11 Å². The second-order valence-electron chi connectivity index (χ2n) is 7.10. The average molecular weight is 598 g/mol. The highest BCUT2D eigenvalue weighted by Crippen LogP contribution is 2.34. The van der Waals surface area contributed by atoms with E-state index in [1.165, 1.54) is 31.5 Å². The number of carboxylic acid groups (broad SMARTS) is 1. The number of nitrogens with one attached hydrogen (secondary N) is 1. The van der Waals surface area contributed by atoms with Gasteiger partial charge in [0.25, 0.3) is 5.91 Å². The van der Waals surface area contributed by atoms with E-state index in [1.807, 2.05) is 22.6 Å². The van der Waals surface area contributed by atoms with Crippen molar-refractivity contribution in [3.63, 3.8) is 0 Å². The lowest BCUT2D eigenvalue weighted by Crippen LogP contribution is -2.18. The molecule has 0 spiro atoms. The van der Waals surface area contributed by atoms with Gasteiger partial charge in [-0.25, -0.2) is 10.2 Å². The van der Waals surface area contributed by atoms with Crippen molar-refractivity contribution >= 4 is 40.7 Å². The van der Waals surface area contributed by atoms with Gasteiger partial charge in [0.1, 0.15) is 6.61 Å². The topological polar surface area (TPSA) is 97.2 Å². The Morgan fingerprint density at radius 3 is 2.43 bits per heavy atom. The van der Waals surface area contributed by atoms with Crippen LogP contribution in [0, 0.1) is 3.57 Å². The van der Waals surface area contributed by atoms with Gasteiger partial charge in [-0.1, -0.05) is 18.2 Å². The molecule has 0 unspecified atom stereocenters. The number of carbonyl (C=O) groups is 2. The number of hydrogen-bond donors (Lipinski definition) is 2. The van der Waals surface area contributed by atoms with Gasteiger partial charge in [0, 0.05) is 5.56 Å². The molecule has 2 N–H and O–H groups in total. The Morgan fingerprint density at radius 2 is 1.80 bits per heavy atom. The molecule has 0 bridgehead atoms. The standard InChI is InChI=1S/C24H18F3IN2O5/c1-34-20-10-15(12-29-30-22(31)17-3-2-4-18(11-17)24(25,26)27)9-19(28)21(20)35-13-14-5-7-16(8-6-14)23(32)33/h2-12H,13H2,1H3,(H,30,31)(H,32,33)/b29-12-. The van der Waals surface area contributed by atoms with E-state index in [4.69, 9.17) is 14.6 Å². The first-order chi connectivity index (χ1) is 16.6. The Hall–Kier alpha value is -3.61. The van der Waals surface area contributed by atoms with E-state index in [0.717, 1.165) is 23.8 Å². The van der Waals surface area contributed by atoms with E-state index in [-0.39, 0.29) is 17.7 Å². The molecular formula is C24H18F3IN2O5. The summed E-state index contributed by atoms with van der Waals surface area (Å²) in [5, 5.41) is 12.8. The number of amides is 1. The third-order valence-electron chi connectivity index (χ3n) is 4.67. The SMILES string of the molecule is COc1cc(/C=N\NC(=O)c2cccc(C(F)(F)F)c2)cc(I)c1OCc1ccc(C(=O)O)cc1. The molecule has 3 rings (SSSR count). The highest BCUT2D eigenvalue weighted by Gasteiger charge is 2.30.